The van der Waals surface area contributed by atoms with Gasteiger partial charge in [0.15, 0.2) is 5.76 Å². The highest BCUT2D eigenvalue weighted by molar-refractivity contribution is 6.05. The second-order valence-corrected chi connectivity index (χ2v) is 7.27. The quantitative estimate of drug-likeness (QED) is 0.198. The number of nitrogens with zero attached hydrogens (tertiary/aromatic N) is 3. The van der Waals surface area contributed by atoms with Crippen LogP contribution < -0.4 is 15.6 Å². The van der Waals surface area contributed by atoms with Gasteiger partial charge in [0.05, 0.1) is 12.3 Å². The Morgan fingerprint density at radius 1 is 1.03 bits per heavy atom. The van der Waals surface area contributed by atoms with Crippen LogP contribution in [-0.4, -0.2) is 36.0 Å². The van der Waals surface area contributed by atoms with Crippen LogP contribution in [0.4, 0.5) is 11.6 Å². The van der Waals surface area contributed by atoms with Crippen LogP contribution in [0.15, 0.2) is 81.9 Å². The molecule has 2 amide bonds. The first-order valence-corrected chi connectivity index (χ1v) is 10.9. The van der Waals surface area contributed by atoms with Crippen LogP contribution in [-0.2, 0) is 4.79 Å². The highest BCUT2D eigenvalue weighted by Gasteiger charge is 2.15. The molecule has 10 heteroatoms. The zero-order valence-electron chi connectivity index (χ0n) is 19.3. The van der Waals surface area contributed by atoms with Gasteiger partial charge in [-0.25, -0.2) is 5.43 Å². The second kappa shape index (κ2) is 11.9. The molecule has 2 aromatic carbocycles. The van der Waals surface area contributed by atoms with E-state index < -0.39 is 22.6 Å². The third kappa shape index (κ3) is 6.87. The van der Waals surface area contributed by atoms with Crippen LogP contribution in [0.1, 0.15) is 35.5 Å². The first kappa shape index (κ1) is 24.9. The van der Waals surface area contributed by atoms with Crippen molar-refractivity contribution >= 4 is 35.7 Å². The topological polar surface area (TPSA) is 130 Å². The Kier molecular flexibility index (Phi) is 8.49. The summed E-state index contributed by atoms with van der Waals surface area (Å²) in [6, 6.07) is 18.6. The summed E-state index contributed by atoms with van der Waals surface area (Å²) in [6.45, 7) is 5.87. The first-order chi connectivity index (χ1) is 16.9. The lowest BCUT2D eigenvalue weighted by Gasteiger charge is -2.20. The van der Waals surface area contributed by atoms with Crippen LogP contribution in [0.3, 0.4) is 0 Å². The maximum atomic E-state index is 12.8. The Morgan fingerprint density at radius 2 is 1.71 bits per heavy atom. The van der Waals surface area contributed by atoms with E-state index >= 15 is 0 Å². The Morgan fingerprint density at radius 3 is 2.31 bits per heavy atom. The van der Waals surface area contributed by atoms with Gasteiger partial charge in [0, 0.05) is 24.3 Å². The summed E-state index contributed by atoms with van der Waals surface area (Å²) in [7, 11) is 0. The maximum absolute atomic E-state index is 12.8. The van der Waals surface area contributed by atoms with Crippen molar-refractivity contribution in [1.29, 1.82) is 0 Å². The fourth-order valence-electron chi connectivity index (χ4n) is 3.20. The molecule has 35 heavy (non-hydrogen) atoms. The Hall–Kier alpha value is -4.73. The number of hydrazone groups is 1. The third-order valence-corrected chi connectivity index (χ3v) is 5.01. The zero-order chi connectivity index (χ0) is 25.2. The van der Waals surface area contributed by atoms with Gasteiger partial charge in [-0.05, 0) is 55.8 Å². The lowest BCUT2D eigenvalue weighted by Crippen LogP contribution is -2.32. The van der Waals surface area contributed by atoms with E-state index in [-0.39, 0.29) is 11.5 Å². The summed E-state index contributed by atoms with van der Waals surface area (Å²) in [5.74, 6) is -1.50. The number of nitro groups is 1. The van der Waals surface area contributed by atoms with E-state index in [1.165, 1.54) is 18.2 Å². The molecule has 0 atom stereocenters. The van der Waals surface area contributed by atoms with Gasteiger partial charge >= 0.3 is 5.88 Å². The first-order valence-electron chi connectivity index (χ1n) is 10.9. The number of hydrogen-bond donors (Lipinski definition) is 2. The van der Waals surface area contributed by atoms with Gasteiger partial charge in [-0.3, -0.25) is 19.7 Å². The summed E-state index contributed by atoms with van der Waals surface area (Å²) in [4.78, 5) is 37.7. The van der Waals surface area contributed by atoms with Crippen molar-refractivity contribution in [3.8, 4) is 0 Å². The molecule has 2 N–H and O–H groups in total. The van der Waals surface area contributed by atoms with Gasteiger partial charge < -0.3 is 14.6 Å². The maximum Gasteiger partial charge on any atom is 0.433 e. The van der Waals surface area contributed by atoms with Gasteiger partial charge in [-0.2, -0.15) is 5.10 Å². The normalized spacial score (nSPS) is 11.3. The average Bonchev–Trinajstić information content (AvgIpc) is 3.35. The van der Waals surface area contributed by atoms with E-state index in [2.05, 4.69) is 34.6 Å². The van der Waals surface area contributed by atoms with E-state index in [0.29, 0.717) is 11.1 Å². The van der Waals surface area contributed by atoms with Crippen LogP contribution in [0, 0.1) is 10.1 Å². The number of carbonyl (C=O) groups excluding carboxylic acids is 2. The largest absolute Gasteiger partial charge is 0.433 e. The molecule has 1 aromatic heterocycles. The number of amides is 2. The third-order valence-electron chi connectivity index (χ3n) is 5.01. The molecule has 0 fully saturated rings. The van der Waals surface area contributed by atoms with E-state index in [0.717, 1.165) is 25.0 Å². The predicted molar refractivity (Wildman–Crippen MR) is 133 cm³/mol. The molecule has 0 bridgehead atoms. The molecule has 0 saturated carbocycles. The van der Waals surface area contributed by atoms with Gasteiger partial charge in [0.1, 0.15) is 10.6 Å². The summed E-state index contributed by atoms with van der Waals surface area (Å²) in [5, 5.41) is 17.1. The highest BCUT2D eigenvalue weighted by atomic mass is 16.6. The molecule has 10 nitrogen and oxygen atoms in total. The van der Waals surface area contributed by atoms with E-state index in [9.17, 15) is 19.7 Å². The standard InChI is InChI=1S/C25H25N5O5/c1-3-29(4-2)20-12-10-18(11-13-20)16-22(27-24(31)19-8-6-5-7-9-19)25(32)28-26-17-21-14-15-23(35-21)30(33)34/h5-17H,3-4H2,1-2H3,(H,27,31)(H,28,32). The monoisotopic (exact) mass is 475 g/mol. The Labute approximate surface area is 202 Å². The summed E-state index contributed by atoms with van der Waals surface area (Å²) < 4.78 is 4.97. The fraction of sp³-hybridized carbons (Fsp3) is 0.160. The molecule has 3 rings (SSSR count). The second-order valence-electron chi connectivity index (χ2n) is 7.27. The zero-order valence-corrected chi connectivity index (χ0v) is 19.3. The van der Waals surface area contributed by atoms with Crippen molar-refractivity contribution in [2.45, 2.75) is 13.8 Å². The molecule has 0 saturated heterocycles. The van der Waals surface area contributed by atoms with Gasteiger partial charge in [0.2, 0.25) is 0 Å². The van der Waals surface area contributed by atoms with Crippen molar-refractivity contribution in [1.82, 2.24) is 10.7 Å². The summed E-state index contributed by atoms with van der Waals surface area (Å²) in [6.07, 6.45) is 2.66. The molecule has 0 aliphatic rings. The lowest BCUT2D eigenvalue weighted by molar-refractivity contribution is -0.402. The summed E-state index contributed by atoms with van der Waals surface area (Å²) in [5.41, 5.74) is 4.40. The van der Waals surface area contributed by atoms with Crippen molar-refractivity contribution in [3.63, 3.8) is 0 Å². The van der Waals surface area contributed by atoms with Crippen LogP contribution >= 0.6 is 0 Å². The van der Waals surface area contributed by atoms with E-state index in [4.69, 9.17) is 4.42 Å². The van der Waals surface area contributed by atoms with Gasteiger partial charge in [0.25, 0.3) is 11.8 Å². The lowest BCUT2D eigenvalue weighted by atomic mass is 10.1. The molecule has 180 valence electrons. The molecular weight excluding hydrogens is 450 g/mol. The number of benzene rings is 2. The number of hydrogen-bond acceptors (Lipinski definition) is 7. The smallest absolute Gasteiger partial charge is 0.400 e. The highest BCUT2D eigenvalue weighted by Crippen LogP contribution is 2.17. The van der Waals surface area contributed by atoms with Gasteiger partial charge in [-0.1, -0.05) is 30.3 Å². The SMILES string of the molecule is CCN(CC)c1ccc(C=C(NC(=O)c2ccccc2)C(=O)NN=Cc2ccc([N+](=O)[O-])o2)cc1. The molecule has 0 aliphatic heterocycles. The Bertz CT molecular complexity index is 1230. The molecular formula is C25H25N5O5. The molecule has 0 radical (unpaired) electrons. The van der Waals surface area contributed by atoms with Crippen LogP contribution in [0.2, 0.25) is 0 Å². The van der Waals surface area contributed by atoms with Crippen LogP contribution in [0.5, 0.6) is 0 Å². The minimum Gasteiger partial charge on any atom is -0.400 e. The fourth-order valence-corrected chi connectivity index (χ4v) is 3.20. The minimum atomic E-state index is -0.681. The predicted octanol–water partition coefficient (Wildman–Crippen LogP) is 3.96. The van der Waals surface area contributed by atoms with Gasteiger partial charge in [-0.15, -0.1) is 0 Å². The molecule has 1 heterocycles. The number of nitrogens with one attached hydrogen (secondary N) is 2. The summed E-state index contributed by atoms with van der Waals surface area (Å²) >= 11 is 0. The minimum absolute atomic E-state index is 0.0305. The number of anilines is 1. The van der Waals surface area contributed by atoms with Crippen molar-refractivity contribution in [2.75, 3.05) is 18.0 Å². The van der Waals surface area contributed by atoms with Crippen molar-refractivity contribution in [3.05, 3.63) is 99.4 Å². The van der Waals surface area contributed by atoms with Crippen molar-refractivity contribution < 1.29 is 18.9 Å². The number of carbonyl (C=O) groups is 2. The van der Waals surface area contributed by atoms with Crippen molar-refractivity contribution in [2.24, 2.45) is 5.10 Å². The number of furan rings is 1. The molecule has 0 aliphatic carbocycles. The average molecular weight is 476 g/mol. The molecule has 0 spiro atoms. The van der Waals surface area contributed by atoms with Crippen LogP contribution in [0.25, 0.3) is 6.08 Å². The molecule has 0 unspecified atom stereocenters. The van der Waals surface area contributed by atoms with E-state index in [1.807, 2.05) is 24.3 Å². The Balaban J connectivity index is 1.81. The van der Waals surface area contributed by atoms with E-state index in [1.54, 1.807) is 30.3 Å². The molecule has 3 aromatic rings. The number of rotatable bonds is 10.